The van der Waals surface area contributed by atoms with E-state index < -0.39 is 5.97 Å². The summed E-state index contributed by atoms with van der Waals surface area (Å²) in [7, 11) is 0. The second-order valence-corrected chi connectivity index (χ2v) is 7.55. The fraction of sp³-hybridized carbons (Fsp3) is 0.364. The van der Waals surface area contributed by atoms with Crippen molar-refractivity contribution in [1.82, 2.24) is 14.5 Å². The Bertz CT molecular complexity index is 960. The highest BCUT2D eigenvalue weighted by Crippen LogP contribution is 2.25. The first-order chi connectivity index (χ1) is 13.6. The van der Waals surface area contributed by atoms with Crippen LogP contribution in [0.1, 0.15) is 24.2 Å². The zero-order chi connectivity index (χ0) is 19.5. The fourth-order valence-electron chi connectivity index (χ4n) is 4.03. The number of aliphatic carboxylic acids is 1. The number of fused-ring (bicyclic) bond motifs is 1. The normalized spacial score (nSPS) is 15.9. The van der Waals surface area contributed by atoms with Crippen LogP contribution in [-0.4, -0.2) is 45.2 Å². The van der Waals surface area contributed by atoms with Crippen LogP contribution < -0.4 is 0 Å². The summed E-state index contributed by atoms with van der Waals surface area (Å²) in [6, 6.07) is 14.7. The highest BCUT2D eigenvalue weighted by atomic mass is 19.1. The lowest BCUT2D eigenvalue weighted by Crippen LogP contribution is -2.37. The lowest BCUT2D eigenvalue weighted by Gasteiger charge is -2.30. The van der Waals surface area contributed by atoms with Crippen LogP contribution in [0.2, 0.25) is 0 Å². The van der Waals surface area contributed by atoms with Crippen molar-refractivity contribution in [2.24, 2.45) is 5.92 Å². The molecule has 3 aromatic rings. The van der Waals surface area contributed by atoms with Gasteiger partial charge in [0.25, 0.3) is 0 Å². The molecule has 0 radical (unpaired) electrons. The van der Waals surface area contributed by atoms with Gasteiger partial charge in [-0.2, -0.15) is 0 Å². The van der Waals surface area contributed by atoms with Gasteiger partial charge in [-0.05, 0) is 61.7 Å². The average Bonchev–Trinajstić information content (AvgIpc) is 3.02. The smallest absolute Gasteiger partial charge is 0.317 e. The van der Waals surface area contributed by atoms with Crippen LogP contribution in [0.25, 0.3) is 11.0 Å². The maximum Gasteiger partial charge on any atom is 0.317 e. The van der Waals surface area contributed by atoms with Crippen LogP contribution in [0.15, 0.2) is 48.5 Å². The summed E-state index contributed by atoms with van der Waals surface area (Å²) in [4.78, 5) is 17.8. The molecule has 1 saturated heterocycles. The number of benzene rings is 2. The van der Waals surface area contributed by atoms with E-state index in [9.17, 15) is 9.18 Å². The van der Waals surface area contributed by atoms with Crippen molar-refractivity contribution < 1.29 is 14.3 Å². The molecule has 146 valence electrons. The minimum absolute atomic E-state index is 0.121. The van der Waals surface area contributed by atoms with Gasteiger partial charge in [0, 0.05) is 13.0 Å². The number of carboxylic acid groups (broad SMARTS) is 1. The molecule has 2 heterocycles. The Hall–Kier alpha value is -2.73. The Balaban J connectivity index is 1.53. The number of likely N-dealkylation sites (tertiary alicyclic amines) is 1. The second-order valence-electron chi connectivity index (χ2n) is 7.55. The van der Waals surface area contributed by atoms with Crippen molar-refractivity contribution in [1.29, 1.82) is 0 Å². The third-order valence-electron chi connectivity index (χ3n) is 5.52. The lowest BCUT2D eigenvalue weighted by molar-refractivity contribution is -0.138. The first kappa shape index (κ1) is 18.6. The number of nitrogens with zero attached hydrogens (tertiary/aromatic N) is 3. The van der Waals surface area contributed by atoms with E-state index in [-0.39, 0.29) is 12.4 Å². The van der Waals surface area contributed by atoms with E-state index in [1.54, 1.807) is 0 Å². The molecule has 0 atom stereocenters. The average molecular weight is 381 g/mol. The van der Waals surface area contributed by atoms with Crippen molar-refractivity contribution in [3.8, 4) is 0 Å². The Morgan fingerprint density at radius 2 is 1.82 bits per heavy atom. The van der Waals surface area contributed by atoms with Crippen LogP contribution in [0, 0.1) is 11.7 Å². The van der Waals surface area contributed by atoms with Gasteiger partial charge in [-0.3, -0.25) is 9.69 Å². The Morgan fingerprint density at radius 1 is 1.11 bits per heavy atom. The first-order valence-corrected chi connectivity index (χ1v) is 9.71. The van der Waals surface area contributed by atoms with Gasteiger partial charge >= 0.3 is 5.97 Å². The van der Waals surface area contributed by atoms with Gasteiger partial charge in [0.05, 0.1) is 17.6 Å². The Morgan fingerprint density at radius 3 is 2.54 bits per heavy atom. The van der Waals surface area contributed by atoms with Gasteiger partial charge in [0.15, 0.2) is 0 Å². The number of imidazole rings is 1. The van der Waals surface area contributed by atoms with E-state index in [0.717, 1.165) is 54.8 Å². The zero-order valence-electron chi connectivity index (χ0n) is 15.7. The first-order valence-electron chi connectivity index (χ1n) is 9.71. The third kappa shape index (κ3) is 4.22. The monoisotopic (exact) mass is 381 g/mol. The number of carbonyl (C=O) groups is 1. The highest BCUT2D eigenvalue weighted by molar-refractivity contribution is 5.76. The second kappa shape index (κ2) is 8.10. The number of hydrogen-bond acceptors (Lipinski definition) is 3. The SMILES string of the molecule is O=C(O)CN1CCC(Cc2nc3ccccc3n2Cc2ccc(F)cc2)CC1. The van der Waals surface area contributed by atoms with Gasteiger partial charge in [0.1, 0.15) is 11.6 Å². The molecular weight excluding hydrogens is 357 g/mol. The molecule has 5 nitrogen and oxygen atoms in total. The van der Waals surface area contributed by atoms with Crippen molar-refractivity contribution >= 4 is 17.0 Å². The van der Waals surface area contributed by atoms with E-state index in [1.165, 1.54) is 12.1 Å². The summed E-state index contributed by atoms with van der Waals surface area (Å²) >= 11 is 0. The lowest BCUT2D eigenvalue weighted by atomic mass is 9.93. The van der Waals surface area contributed by atoms with Gasteiger partial charge in [-0.1, -0.05) is 24.3 Å². The Labute approximate surface area is 163 Å². The minimum atomic E-state index is -0.764. The number of para-hydroxylation sites is 2. The summed E-state index contributed by atoms with van der Waals surface area (Å²) in [5, 5.41) is 8.96. The molecule has 2 aromatic carbocycles. The predicted octanol–water partition coefficient (Wildman–Crippen LogP) is 3.56. The fourth-order valence-corrected chi connectivity index (χ4v) is 4.03. The van der Waals surface area contributed by atoms with Crippen LogP contribution in [0.3, 0.4) is 0 Å². The number of rotatable bonds is 6. The predicted molar refractivity (Wildman–Crippen MR) is 106 cm³/mol. The molecule has 6 heteroatoms. The number of aromatic nitrogens is 2. The van der Waals surface area contributed by atoms with E-state index in [4.69, 9.17) is 10.1 Å². The highest BCUT2D eigenvalue weighted by Gasteiger charge is 2.23. The van der Waals surface area contributed by atoms with E-state index in [0.29, 0.717) is 12.5 Å². The van der Waals surface area contributed by atoms with Crippen LogP contribution >= 0.6 is 0 Å². The Kier molecular flexibility index (Phi) is 5.39. The zero-order valence-corrected chi connectivity index (χ0v) is 15.7. The van der Waals surface area contributed by atoms with Crippen molar-refractivity contribution in [2.75, 3.05) is 19.6 Å². The van der Waals surface area contributed by atoms with Crippen molar-refractivity contribution in [3.05, 3.63) is 65.7 Å². The van der Waals surface area contributed by atoms with E-state index >= 15 is 0 Å². The molecule has 28 heavy (non-hydrogen) atoms. The van der Waals surface area contributed by atoms with E-state index in [1.807, 2.05) is 35.2 Å². The van der Waals surface area contributed by atoms with Crippen LogP contribution in [0.4, 0.5) is 4.39 Å². The molecule has 0 saturated carbocycles. The molecule has 1 N–H and O–H groups in total. The van der Waals surface area contributed by atoms with Gasteiger partial charge < -0.3 is 9.67 Å². The number of hydrogen-bond donors (Lipinski definition) is 1. The number of carboxylic acids is 1. The van der Waals surface area contributed by atoms with Crippen LogP contribution in [0.5, 0.6) is 0 Å². The summed E-state index contributed by atoms with van der Waals surface area (Å²) in [5.74, 6) is 0.545. The maximum absolute atomic E-state index is 13.3. The third-order valence-corrected chi connectivity index (χ3v) is 5.52. The minimum Gasteiger partial charge on any atom is -0.480 e. The summed E-state index contributed by atoms with van der Waals surface area (Å²) in [5.41, 5.74) is 3.11. The van der Waals surface area contributed by atoms with Crippen molar-refractivity contribution in [2.45, 2.75) is 25.8 Å². The number of halogens is 1. The maximum atomic E-state index is 13.3. The molecular formula is C22H24FN3O2. The standard InChI is InChI=1S/C22H24FN3O2/c23-18-7-5-17(6-8-18)14-26-20-4-2-1-3-19(20)24-21(26)13-16-9-11-25(12-10-16)15-22(27)28/h1-8,16H,9-15H2,(H,27,28). The molecule has 0 aliphatic carbocycles. The topological polar surface area (TPSA) is 58.4 Å². The summed E-state index contributed by atoms with van der Waals surface area (Å²) in [6.07, 6.45) is 2.83. The van der Waals surface area contributed by atoms with Gasteiger partial charge in [-0.25, -0.2) is 9.37 Å². The number of piperidine rings is 1. The molecule has 1 aliphatic rings. The molecule has 1 aliphatic heterocycles. The molecule has 1 aromatic heterocycles. The molecule has 0 unspecified atom stereocenters. The molecule has 1 fully saturated rings. The van der Waals surface area contributed by atoms with Gasteiger partial charge in [0.2, 0.25) is 0 Å². The largest absolute Gasteiger partial charge is 0.480 e. The molecule has 0 bridgehead atoms. The van der Waals surface area contributed by atoms with Gasteiger partial charge in [-0.15, -0.1) is 0 Å². The quantitative estimate of drug-likeness (QED) is 0.709. The van der Waals surface area contributed by atoms with Crippen molar-refractivity contribution in [3.63, 3.8) is 0 Å². The van der Waals surface area contributed by atoms with Crippen LogP contribution in [-0.2, 0) is 17.8 Å². The van der Waals surface area contributed by atoms with E-state index in [2.05, 4.69) is 10.6 Å². The molecule has 0 amide bonds. The molecule has 4 rings (SSSR count). The summed E-state index contributed by atoms with van der Waals surface area (Å²) in [6.45, 7) is 2.41. The molecule has 0 spiro atoms. The summed E-state index contributed by atoms with van der Waals surface area (Å²) < 4.78 is 15.5.